The number of nitrogens with zero attached hydrogens (tertiary/aromatic N) is 1. The molecule has 1 fully saturated rings. The molecule has 0 aromatic heterocycles. The first kappa shape index (κ1) is 7.98. The Morgan fingerprint density at radius 1 is 1.70 bits per heavy atom. The maximum Gasteiger partial charge on any atom is 0.0477 e. The van der Waals surface area contributed by atoms with E-state index in [9.17, 15) is 0 Å². The molecule has 3 nitrogen and oxygen atoms in total. The summed E-state index contributed by atoms with van der Waals surface area (Å²) in [4.78, 5) is 0. The molecular formula is C7H15N2O. The Bertz CT molecular complexity index is 81.7. The quantitative estimate of drug-likeness (QED) is 0.583. The van der Waals surface area contributed by atoms with Crippen molar-refractivity contribution < 1.29 is 4.74 Å². The van der Waals surface area contributed by atoms with Crippen LogP contribution in [-0.4, -0.2) is 39.4 Å². The number of rotatable bonds is 3. The van der Waals surface area contributed by atoms with Crippen LogP contribution in [-0.2, 0) is 4.74 Å². The molecule has 0 aliphatic carbocycles. The van der Waals surface area contributed by atoms with E-state index in [1.165, 1.54) is 0 Å². The highest BCUT2D eigenvalue weighted by molar-refractivity contribution is 4.74. The average molecular weight is 143 g/mol. The van der Waals surface area contributed by atoms with Crippen LogP contribution in [0.4, 0.5) is 0 Å². The summed E-state index contributed by atoms with van der Waals surface area (Å²) in [5, 5.41) is 7.67. The van der Waals surface area contributed by atoms with Crippen LogP contribution in [0.5, 0.6) is 0 Å². The third-order valence-corrected chi connectivity index (χ3v) is 1.72. The van der Waals surface area contributed by atoms with Crippen LogP contribution in [0.15, 0.2) is 0 Å². The molecule has 0 bridgehead atoms. The normalized spacial score (nSPS) is 26.7. The molecule has 1 unspecified atom stereocenters. The summed E-state index contributed by atoms with van der Waals surface area (Å²) in [5.41, 5.74) is 0. The number of nitrogens with one attached hydrogen (secondary N) is 1. The van der Waals surface area contributed by atoms with Gasteiger partial charge in [-0.3, -0.25) is 0 Å². The fourth-order valence-corrected chi connectivity index (χ4v) is 1.11. The predicted molar refractivity (Wildman–Crippen MR) is 40.2 cm³/mol. The lowest BCUT2D eigenvalue weighted by Gasteiger charge is -2.22. The molecule has 0 amide bonds. The molecule has 1 rings (SSSR count). The fraction of sp³-hybridized carbons (Fsp3) is 1.00. The van der Waals surface area contributed by atoms with Crippen molar-refractivity contribution in [2.24, 2.45) is 0 Å². The maximum absolute atomic E-state index is 4.96. The van der Waals surface area contributed by atoms with Crippen LogP contribution in [0.25, 0.3) is 0 Å². The molecule has 0 aromatic rings. The summed E-state index contributed by atoms with van der Waals surface area (Å²) in [7, 11) is 1.74. The van der Waals surface area contributed by atoms with Gasteiger partial charge in [-0.1, -0.05) is 0 Å². The van der Waals surface area contributed by atoms with Crippen LogP contribution in [0.1, 0.15) is 6.42 Å². The van der Waals surface area contributed by atoms with Crippen LogP contribution >= 0.6 is 0 Å². The van der Waals surface area contributed by atoms with Gasteiger partial charge in [0.25, 0.3) is 0 Å². The van der Waals surface area contributed by atoms with Gasteiger partial charge in [0.15, 0.2) is 0 Å². The monoisotopic (exact) mass is 143 g/mol. The lowest BCUT2D eigenvalue weighted by Crippen LogP contribution is -2.45. The third kappa shape index (κ3) is 2.64. The van der Waals surface area contributed by atoms with Gasteiger partial charge in [0.2, 0.25) is 0 Å². The zero-order chi connectivity index (χ0) is 7.23. The van der Waals surface area contributed by atoms with E-state index in [-0.39, 0.29) is 0 Å². The zero-order valence-corrected chi connectivity index (χ0v) is 6.47. The topological polar surface area (TPSA) is 35.4 Å². The number of hydrogen-bond donors (Lipinski definition) is 1. The van der Waals surface area contributed by atoms with Gasteiger partial charge in [-0.2, -0.15) is 0 Å². The van der Waals surface area contributed by atoms with Crippen molar-refractivity contribution in [2.45, 2.75) is 12.5 Å². The molecule has 3 heteroatoms. The van der Waals surface area contributed by atoms with E-state index in [2.05, 4.69) is 10.6 Å². The summed E-state index contributed by atoms with van der Waals surface area (Å²) >= 11 is 0. The summed E-state index contributed by atoms with van der Waals surface area (Å²) in [6.45, 7) is 3.81. The van der Waals surface area contributed by atoms with Crippen LogP contribution in [0, 0.1) is 0 Å². The summed E-state index contributed by atoms with van der Waals surface area (Å²) in [6, 6.07) is 0.564. The first-order valence-electron chi connectivity index (χ1n) is 3.79. The van der Waals surface area contributed by atoms with E-state index in [4.69, 9.17) is 4.74 Å². The standard InChI is InChI=1S/C7H15N2O/c1-10-5-2-7-6-8-3-4-9-7/h7,9H,2-6H2,1H3. The van der Waals surface area contributed by atoms with Gasteiger partial charge in [0.05, 0.1) is 0 Å². The Morgan fingerprint density at radius 2 is 2.60 bits per heavy atom. The minimum Gasteiger partial charge on any atom is -0.385 e. The molecular weight excluding hydrogens is 128 g/mol. The van der Waals surface area contributed by atoms with Crippen molar-refractivity contribution in [2.75, 3.05) is 33.4 Å². The molecule has 10 heavy (non-hydrogen) atoms. The highest BCUT2D eigenvalue weighted by atomic mass is 16.5. The first-order valence-corrected chi connectivity index (χ1v) is 3.79. The van der Waals surface area contributed by atoms with Gasteiger partial charge in [-0.05, 0) is 6.42 Å². The lowest BCUT2D eigenvalue weighted by molar-refractivity contribution is 0.179. The Morgan fingerprint density at radius 3 is 3.20 bits per heavy atom. The number of hydrogen-bond acceptors (Lipinski definition) is 2. The van der Waals surface area contributed by atoms with E-state index in [0.717, 1.165) is 32.7 Å². The molecule has 0 aromatic carbocycles. The molecule has 0 spiro atoms. The largest absolute Gasteiger partial charge is 0.385 e. The van der Waals surface area contributed by atoms with Gasteiger partial charge in [-0.15, -0.1) is 0 Å². The smallest absolute Gasteiger partial charge is 0.0477 e. The second-order valence-electron chi connectivity index (χ2n) is 2.56. The van der Waals surface area contributed by atoms with Gasteiger partial charge in [-0.25, -0.2) is 5.32 Å². The van der Waals surface area contributed by atoms with Crippen molar-refractivity contribution in [3.05, 3.63) is 0 Å². The highest BCUT2D eigenvalue weighted by Crippen LogP contribution is 1.94. The molecule has 1 atom stereocenters. The van der Waals surface area contributed by atoms with Crippen LogP contribution in [0.2, 0.25) is 0 Å². The SMILES string of the molecule is COCCC1C[N]CCN1. The lowest BCUT2D eigenvalue weighted by atomic mass is 10.2. The molecule has 0 saturated carbocycles. The van der Waals surface area contributed by atoms with Crippen molar-refractivity contribution in [3.63, 3.8) is 0 Å². The van der Waals surface area contributed by atoms with E-state index in [1.807, 2.05) is 0 Å². The van der Waals surface area contributed by atoms with E-state index < -0.39 is 0 Å². The van der Waals surface area contributed by atoms with E-state index >= 15 is 0 Å². The van der Waals surface area contributed by atoms with Gasteiger partial charge < -0.3 is 10.1 Å². The third-order valence-electron chi connectivity index (χ3n) is 1.72. The fourth-order valence-electron chi connectivity index (χ4n) is 1.11. The van der Waals surface area contributed by atoms with Crippen LogP contribution < -0.4 is 10.6 Å². The molecule has 1 saturated heterocycles. The van der Waals surface area contributed by atoms with Gasteiger partial charge in [0, 0.05) is 39.4 Å². The second kappa shape index (κ2) is 4.66. The summed E-state index contributed by atoms with van der Waals surface area (Å²) in [5.74, 6) is 0. The molecule has 59 valence electrons. The number of methoxy groups -OCH3 is 1. The Kier molecular flexibility index (Phi) is 3.72. The summed E-state index contributed by atoms with van der Waals surface area (Å²) < 4.78 is 4.96. The van der Waals surface area contributed by atoms with Crippen LogP contribution in [0.3, 0.4) is 0 Å². The minimum absolute atomic E-state index is 0.564. The van der Waals surface area contributed by atoms with Gasteiger partial charge in [0.1, 0.15) is 0 Å². The molecule has 1 radical (unpaired) electrons. The maximum atomic E-state index is 4.96. The molecule has 1 heterocycles. The molecule has 1 N–H and O–H groups in total. The Balaban J connectivity index is 2.02. The first-order chi connectivity index (χ1) is 4.93. The van der Waals surface area contributed by atoms with Crippen molar-refractivity contribution >= 4 is 0 Å². The van der Waals surface area contributed by atoms with Crippen molar-refractivity contribution in [1.29, 1.82) is 0 Å². The van der Waals surface area contributed by atoms with E-state index in [1.54, 1.807) is 7.11 Å². The van der Waals surface area contributed by atoms with Crippen molar-refractivity contribution in [1.82, 2.24) is 10.6 Å². The predicted octanol–water partition coefficient (Wildman–Crippen LogP) is -0.401. The Labute approximate surface area is 62.1 Å². The average Bonchev–Trinajstić information content (AvgIpc) is 2.03. The van der Waals surface area contributed by atoms with Crippen molar-refractivity contribution in [3.8, 4) is 0 Å². The highest BCUT2D eigenvalue weighted by Gasteiger charge is 2.11. The minimum atomic E-state index is 0.564. The molecule has 1 aliphatic rings. The second-order valence-corrected chi connectivity index (χ2v) is 2.56. The number of piperazine rings is 1. The van der Waals surface area contributed by atoms with E-state index in [0.29, 0.717) is 6.04 Å². The summed E-state index contributed by atoms with van der Waals surface area (Å²) in [6.07, 6.45) is 1.08. The number of ether oxygens (including phenoxy) is 1. The van der Waals surface area contributed by atoms with Gasteiger partial charge >= 0.3 is 0 Å². The zero-order valence-electron chi connectivity index (χ0n) is 6.47. The Hall–Kier alpha value is -0.120. The molecule has 1 aliphatic heterocycles.